The number of anilines is 1. The summed E-state index contributed by atoms with van der Waals surface area (Å²) in [7, 11) is -4.26. The van der Waals surface area contributed by atoms with Gasteiger partial charge >= 0.3 is 5.97 Å². The SMILES string of the molecule is NC(=O)[C@H](CC1CCCCC1)NS(=O)(=O)N[C@@H](Cc1ccc(N)cc1)C(=O)O. The number of nitrogens with two attached hydrogens (primary N) is 2. The molecule has 2 atom stereocenters. The van der Waals surface area contributed by atoms with Gasteiger partial charge in [0.15, 0.2) is 0 Å². The Labute approximate surface area is 165 Å². The van der Waals surface area contributed by atoms with Gasteiger partial charge in [0, 0.05) is 5.69 Å². The van der Waals surface area contributed by atoms with E-state index in [2.05, 4.69) is 9.44 Å². The van der Waals surface area contributed by atoms with Crippen molar-refractivity contribution in [1.29, 1.82) is 0 Å². The highest BCUT2D eigenvalue weighted by Crippen LogP contribution is 2.27. The molecule has 0 saturated heterocycles. The maximum absolute atomic E-state index is 12.4. The highest BCUT2D eigenvalue weighted by molar-refractivity contribution is 7.87. The molecule has 1 aliphatic carbocycles. The van der Waals surface area contributed by atoms with Gasteiger partial charge in [-0.05, 0) is 36.5 Å². The highest BCUT2D eigenvalue weighted by atomic mass is 32.2. The lowest BCUT2D eigenvalue weighted by molar-refractivity contribution is -0.138. The third-order valence-corrected chi connectivity index (χ3v) is 6.14. The molecule has 0 aliphatic heterocycles. The predicted octanol–water partition coefficient (Wildman–Crippen LogP) is 0.513. The Morgan fingerprint density at radius 2 is 1.64 bits per heavy atom. The molecule has 1 aromatic rings. The Balaban J connectivity index is 2.03. The van der Waals surface area contributed by atoms with E-state index in [4.69, 9.17) is 11.5 Å². The molecular formula is C18H28N4O5S. The summed E-state index contributed by atoms with van der Waals surface area (Å²) in [5, 5.41) is 9.39. The Morgan fingerprint density at radius 1 is 1.07 bits per heavy atom. The van der Waals surface area contributed by atoms with Gasteiger partial charge in [-0.1, -0.05) is 44.2 Å². The van der Waals surface area contributed by atoms with Gasteiger partial charge in [0.05, 0.1) is 0 Å². The zero-order valence-corrected chi connectivity index (χ0v) is 16.5. The Bertz CT molecular complexity index is 776. The van der Waals surface area contributed by atoms with E-state index in [1.165, 1.54) is 0 Å². The molecule has 0 heterocycles. The number of primary amides is 1. The van der Waals surface area contributed by atoms with E-state index < -0.39 is 34.2 Å². The lowest BCUT2D eigenvalue weighted by Gasteiger charge is -2.26. The standard InChI is InChI=1S/C18H28N4O5S/c19-14-8-6-13(7-9-14)11-16(18(24)25)22-28(26,27)21-15(17(20)23)10-12-4-2-1-3-5-12/h6-9,12,15-16,21-22H,1-5,10-11,19H2,(H2,20,23)(H,24,25)/t15-,16-/m0/s1. The first-order valence-corrected chi connectivity index (χ1v) is 10.8. The second-order valence-corrected chi connectivity index (χ2v) is 8.75. The fourth-order valence-corrected chi connectivity index (χ4v) is 4.67. The van der Waals surface area contributed by atoms with Gasteiger partial charge in [-0.2, -0.15) is 17.9 Å². The predicted molar refractivity (Wildman–Crippen MR) is 105 cm³/mol. The van der Waals surface area contributed by atoms with Crippen LogP contribution in [0.15, 0.2) is 24.3 Å². The second kappa shape index (κ2) is 9.85. The molecule has 1 fully saturated rings. The van der Waals surface area contributed by atoms with Crippen molar-refractivity contribution in [3.05, 3.63) is 29.8 Å². The van der Waals surface area contributed by atoms with Crippen LogP contribution in [0.5, 0.6) is 0 Å². The van der Waals surface area contributed by atoms with Crippen LogP contribution in [-0.4, -0.2) is 37.5 Å². The van der Waals surface area contributed by atoms with E-state index in [1.807, 2.05) is 0 Å². The van der Waals surface area contributed by atoms with Crippen LogP contribution in [0.2, 0.25) is 0 Å². The zero-order valence-electron chi connectivity index (χ0n) is 15.6. The lowest BCUT2D eigenvalue weighted by Crippen LogP contribution is -2.53. The monoisotopic (exact) mass is 412 g/mol. The second-order valence-electron chi connectivity index (χ2n) is 7.27. The third kappa shape index (κ3) is 7.10. The zero-order chi connectivity index (χ0) is 20.7. The number of hydrogen-bond acceptors (Lipinski definition) is 5. The van der Waals surface area contributed by atoms with Crippen LogP contribution in [-0.2, 0) is 26.2 Å². The van der Waals surface area contributed by atoms with Gasteiger partial charge in [0.2, 0.25) is 5.91 Å². The molecule has 0 bridgehead atoms. The van der Waals surface area contributed by atoms with Crippen LogP contribution in [0, 0.1) is 5.92 Å². The van der Waals surface area contributed by atoms with Gasteiger partial charge in [-0.25, -0.2) is 0 Å². The number of benzene rings is 1. The fraction of sp³-hybridized carbons (Fsp3) is 0.556. The van der Waals surface area contributed by atoms with Crippen molar-refractivity contribution in [3.63, 3.8) is 0 Å². The molecule has 0 spiro atoms. The molecule has 0 radical (unpaired) electrons. The number of hydrogen-bond donors (Lipinski definition) is 5. The molecule has 28 heavy (non-hydrogen) atoms. The Hall–Kier alpha value is -2.17. The van der Waals surface area contributed by atoms with Crippen molar-refractivity contribution < 1.29 is 23.1 Å². The van der Waals surface area contributed by atoms with E-state index in [1.54, 1.807) is 24.3 Å². The molecule has 0 aromatic heterocycles. The molecule has 0 unspecified atom stereocenters. The number of rotatable bonds is 10. The van der Waals surface area contributed by atoms with E-state index in [-0.39, 0.29) is 12.3 Å². The quantitative estimate of drug-likeness (QED) is 0.351. The molecular weight excluding hydrogens is 384 g/mol. The summed E-state index contributed by atoms with van der Waals surface area (Å²) in [5.41, 5.74) is 12.1. The van der Waals surface area contributed by atoms with E-state index in [0.717, 1.165) is 32.1 Å². The average molecular weight is 413 g/mol. The van der Waals surface area contributed by atoms with E-state index in [9.17, 15) is 23.1 Å². The number of carboxylic acid groups (broad SMARTS) is 1. The maximum atomic E-state index is 12.4. The number of nitrogens with one attached hydrogen (secondary N) is 2. The molecule has 1 aliphatic rings. The molecule has 9 nitrogen and oxygen atoms in total. The van der Waals surface area contributed by atoms with Gasteiger partial charge in [-0.3, -0.25) is 9.59 Å². The first-order valence-electron chi connectivity index (χ1n) is 9.32. The number of carbonyl (C=O) groups excluding carboxylic acids is 1. The summed E-state index contributed by atoms with van der Waals surface area (Å²) >= 11 is 0. The summed E-state index contributed by atoms with van der Waals surface area (Å²) in [6.07, 6.45) is 5.32. The number of aliphatic carboxylic acids is 1. The van der Waals surface area contributed by atoms with E-state index in [0.29, 0.717) is 17.7 Å². The van der Waals surface area contributed by atoms with Gasteiger partial charge in [0.25, 0.3) is 10.2 Å². The van der Waals surface area contributed by atoms with Crippen molar-refractivity contribution in [1.82, 2.24) is 9.44 Å². The molecule has 1 saturated carbocycles. The minimum atomic E-state index is -4.26. The van der Waals surface area contributed by atoms with Crippen LogP contribution < -0.4 is 20.9 Å². The Kier molecular flexibility index (Phi) is 7.78. The molecule has 7 N–H and O–H groups in total. The number of carboxylic acids is 1. The Morgan fingerprint density at radius 3 is 2.18 bits per heavy atom. The van der Waals surface area contributed by atoms with Crippen LogP contribution in [0.4, 0.5) is 5.69 Å². The normalized spacial score (nSPS) is 17.7. The topological polar surface area (TPSA) is 165 Å². The van der Waals surface area contributed by atoms with Crippen LogP contribution in [0.25, 0.3) is 0 Å². The fourth-order valence-electron chi connectivity index (χ4n) is 3.46. The molecule has 1 aromatic carbocycles. The molecule has 10 heteroatoms. The van der Waals surface area contributed by atoms with Gasteiger partial charge in [-0.15, -0.1) is 0 Å². The summed E-state index contributed by atoms with van der Waals surface area (Å²) in [5.74, 6) is -1.88. The summed E-state index contributed by atoms with van der Waals surface area (Å²) in [4.78, 5) is 23.2. The number of nitrogen functional groups attached to an aromatic ring is 1. The van der Waals surface area contributed by atoms with E-state index >= 15 is 0 Å². The smallest absolute Gasteiger partial charge is 0.322 e. The first kappa shape index (κ1) is 22.1. The van der Waals surface area contributed by atoms with Crippen molar-refractivity contribution in [3.8, 4) is 0 Å². The molecule has 2 rings (SSSR count). The highest BCUT2D eigenvalue weighted by Gasteiger charge is 2.30. The van der Waals surface area contributed by atoms with Crippen molar-refractivity contribution in [2.24, 2.45) is 11.7 Å². The minimum absolute atomic E-state index is 0.0691. The van der Waals surface area contributed by atoms with Gasteiger partial charge < -0.3 is 16.6 Å². The lowest BCUT2D eigenvalue weighted by atomic mass is 9.85. The van der Waals surface area contributed by atoms with Crippen molar-refractivity contribution in [2.75, 3.05) is 5.73 Å². The van der Waals surface area contributed by atoms with Crippen LogP contribution >= 0.6 is 0 Å². The van der Waals surface area contributed by atoms with Crippen molar-refractivity contribution >= 4 is 27.8 Å². The maximum Gasteiger partial charge on any atom is 0.322 e. The summed E-state index contributed by atoms with van der Waals surface area (Å²) in [6.45, 7) is 0. The summed E-state index contributed by atoms with van der Waals surface area (Å²) in [6, 6.07) is 3.99. The first-order chi connectivity index (χ1) is 13.2. The van der Waals surface area contributed by atoms with Crippen LogP contribution in [0.3, 0.4) is 0 Å². The van der Waals surface area contributed by atoms with Crippen LogP contribution in [0.1, 0.15) is 44.1 Å². The number of amides is 1. The minimum Gasteiger partial charge on any atom is -0.480 e. The molecule has 156 valence electrons. The summed E-state index contributed by atoms with van der Waals surface area (Å²) < 4.78 is 29.2. The molecule has 1 amide bonds. The largest absolute Gasteiger partial charge is 0.480 e. The average Bonchev–Trinajstić information content (AvgIpc) is 2.63. The number of carbonyl (C=O) groups is 2. The van der Waals surface area contributed by atoms with Gasteiger partial charge in [0.1, 0.15) is 12.1 Å². The van der Waals surface area contributed by atoms with Crippen molar-refractivity contribution in [2.45, 2.75) is 57.0 Å². The third-order valence-electron chi connectivity index (χ3n) is 4.95.